The smallest absolute Gasteiger partial charge is 0.311 e. The number of fused-ring (bicyclic) bond motifs is 1. The van der Waals surface area contributed by atoms with Crippen LogP contribution in [0, 0.1) is 10.1 Å². The van der Waals surface area contributed by atoms with Crippen LogP contribution in [-0.2, 0) is 6.54 Å². The van der Waals surface area contributed by atoms with Gasteiger partial charge in [-0.25, -0.2) is 4.39 Å². The molecule has 0 radical (unpaired) electrons. The standard InChI is InChI=1S/C16H19FN2O5/c1-16(2,21)14(17)8-18-7-9-5-12(19(22)23)13(24-10-3-4-10)6-11(9)15(18)20/h5-6,10,14,21H,3-4,7-8H2,1-2H3. The highest BCUT2D eigenvalue weighted by atomic mass is 19.1. The summed E-state index contributed by atoms with van der Waals surface area (Å²) in [6.07, 6.45) is 0.0139. The summed E-state index contributed by atoms with van der Waals surface area (Å²) in [5.74, 6) is -0.330. The van der Waals surface area contributed by atoms with Crippen molar-refractivity contribution in [3.8, 4) is 5.75 Å². The van der Waals surface area contributed by atoms with Crippen LogP contribution in [-0.4, -0.2) is 45.3 Å². The number of nitro benzene ring substituents is 1. The fraction of sp³-hybridized carbons (Fsp3) is 0.562. The lowest BCUT2D eigenvalue weighted by Gasteiger charge is -2.26. The van der Waals surface area contributed by atoms with Gasteiger partial charge in [0.1, 0.15) is 6.17 Å². The number of carbonyl (C=O) groups is 1. The number of carbonyl (C=O) groups excluding carboxylic acids is 1. The van der Waals surface area contributed by atoms with Crippen molar-refractivity contribution in [2.75, 3.05) is 6.54 Å². The van der Waals surface area contributed by atoms with E-state index in [1.54, 1.807) is 0 Å². The van der Waals surface area contributed by atoms with E-state index in [4.69, 9.17) is 4.74 Å². The second-order valence-corrected chi connectivity index (χ2v) is 6.86. The molecule has 130 valence electrons. The van der Waals surface area contributed by atoms with Gasteiger partial charge in [0.2, 0.25) is 0 Å². The molecule has 3 rings (SSSR count). The molecule has 1 aromatic carbocycles. The predicted molar refractivity (Wildman–Crippen MR) is 82.7 cm³/mol. The Morgan fingerprint density at radius 2 is 2.17 bits per heavy atom. The molecule has 0 saturated heterocycles. The molecule has 1 aromatic rings. The number of nitrogens with zero attached hydrogens (tertiary/aromatic N) is 2. The number of alkyl halides is 1. The molecule has 1 amide bonds. The third kappa shape index (κ3) is 3.19. The first-order valence-electron chi connectivity index (χ1n) is 7.80. The summed E-state index contributed by atoms with van der Waals surface area (Å²) in [5.41, 5.74) is -0.993. The molecule has 1 fully saturated rings. The second-order valence-electron chi connectivity index (χ2n) is 6.86. The molecule has 8 heteroatoms. The number of benzene rings is 1. The van der Waals surface area contributed by atoms with E-state index in [1.165, 1.54) is 30.9 Å². The van der Waals surface area contributed by atoms with Gasteiger partial charge >= 0.3 is 5.69 Å². The highest BCUT2D eigenvalue weighted by Crippen LogP contribution is 2.38. The van der Waals surface area contributed by atoms with Crippen LogP contribution in [0.2, 0.25) is 0 Å². The molecule has 0 aromatic heterocycles. The Morgan fingerprint density at radius 3 is 2.71 bits per heavy atom. The lowest BCUT2D eigenvalue weighted by molar-refractivity contribution is -0.386. The SMILES string of the molecule is CC(C)(O)C(F)CN1Cc2cc([N+](=O)[O-])c(OC3CC3)cc2C1=O. The van der Waals surface area contributed by atoms with Gasteiger partial charge in [0.25, 0.3) is 5.91 Å². The van der Waals surface area contributed by atoms with E-state index < -0.39 is 22.6 Å². The Hall–Kier alpha value is -2.22. The lowest BCUT2D eigenvalue weighted by Crippen LogP contribution is -2.42. The zero-order valence-electron chi connectivity index (χ0n) is 13.5. The van der Waals surface area contributed by atoms with Crippen LogP contribution in [0.15, 0.2) is 12.1 Å². The predicted octanol–water partition coefficient (Wildman–Crippen LogP) is 2.20. The summed E-state index contributed by atoms with van der Waals surface area (Å²) in [6, 6.07) is 2.70. The summed E-state index contributed by atoms with van der Waals surface area (Å²) in [6.45, 7) is 2.47. The Bertz CT molecular complexity index is 696. The van der Waals surface area contributed by atoms with E-state index >= 15 is 0 Å². The molecular formula is C16H19FN2O5. The number of aliphatic hydroxyl groups is 1. The summed E-state index contributed by atoms with van der Waals surface area (Å²) in [5, 5.41) is 20.9. The minimum atomic E-state index is -1.62. The van der Waals surface area contributed by atoms with Crippen molar-refractivity contribution in [2.24, 2.45) is 0 Å². The molecule has 1 heterocycles. The minimum Gasteiger partial charge on any atom is -0.483 e. The molecule has 1 unspecified atom stereocenters. The molecule has 1 aliphatic heterocycles. The maximum absolute atomic E-state index is 14.0. The van der Waals surface area contributed by atoms with Crippen molar-refractivity contribution in [3.63, 3.8) is 0 Å². The van der Waals surface area contributed by atoms with Gasteiger partial charge in [-0.1, -0.05) is 0 Å². The minimum absolute atomic E-state index is 0.0419. The Balaban J connectivity index is 1.86. The molecule has 0 bridgehead atoms. The third-order valence-electron chi connectivity index (χ3n) is 4.23. The average Bonchev–Trinajstić information content (AvgIpc) is 3.24. The van der Waals surface area contributed by atoms with E-state index in [0.29, 0.717) is 11.1 Å². The Labute approximate surface area is 138 Å². The van der Waals surface area contributed by atoms with Gasteiger partial charge in [0.15, 0.2) is 5.75 Å². The van der Waals surface area contributed by atoms with Gasteiger partial charge in [0, 0.05) is 24.2 Å². The number of ether oxygens (including phenoxy) is 1. The first-order valence-corrected chi connectivity index (χ1v) is 7.80. The Morgan fingerprint density at radius 1 is 1.50 bits per heavy atom. The van der Waals surface area contributed by atoms with Gasteiger partial charge in [-0.15, -0.1) is 0 Å². The molecule has 24 heavy (non-hydrogen) atoms. The van der Waals surface area contributed by atoms with Crippen LogP contribution in [0.3, 0.4) is 0 Å². The van der Waals surface area contributed by atoms with Gasteiger partial charge in [-0.05, 0) is 32.3 Å². The normalized spacial score (nSPS) is 18.5. The van der Waals surface area contributed by atoms with Crippen molar-refractivity contribution >= 4 is 11.6 Å². The number of rotatable bonds is 6. The van der Waals surface area contributed by atoms with Crippen LogP contribution >= 0.6 is 0 Å². The molecule has 1 aliphatic carbocycles. The fourth-order valence-electron chi connectivity index (χ4n) is 2.56. The van der Waals surface area contributed by atoms with Crippen molar-refractivity contribution in [1.29, 1.82) is 0 Å². The van der Waals surface area contributed by atoms with E-state index in [1.807, 2.05) is 0 Å². The molecule has 2 aliphatic rings. The largest absolute Gasteiger partial charge is 0.483 e. The van der Waals surface area contributed by atoms with E-state index in [2.05, 4.69) is 0 Å². The molecule has 1 atom stereocenters. The van der Waals surface area contributed by atoms with Gasteiger partial charge in [-0.3, -0.25) is 14.9 Å². The van der Waals surface area contributed by atoms with Crippen molar-refractivity contribution < 1.29 is 24.0 Å². The van der Waals surface area contributed by atoms with Crippen LogP contribution in [0.25, 0.3) is 0 Å². The average molecular weight is 338 g/mol. The topological polar surface area (TPSA) is 92.9 Å². The third-order valence-corrected chi connectivity index (χ3v) is 4.23. The fourth-order valence-corrected chi connectivity index (χ4v) is 2.56. The highest BCUT2D eigenvalue weighted by molar-refractivity contribution is 5.99. The monoisotopic (exact) mass is 338 g/mol. The number of hydrogen-bond donors (Lipinski definition) is 1. The zero-order valence-corrected chi connectivity index (χ0v) is 13.5. The summed E-state index contributed by atoms with van der Waals surface area (Å²) in [7, 11) is 0. The second kappa shape index (κ2) is 5.70. The summed E-state index contributed by atoms with van der Waals surface area (Å²) < 4.78 is 19.6. The first kappa shape index (κ1) is 16.6. The van der Waals surface area contributed by atoms with Crippen molar-refractivity contribution in [1.82, 2.24) is 4.90 Å². The van der Waals surface area contributed by atoms with E-state index in [9.17, 15) is 24.4 Å². The summed E-state index contributed by atoms with van der Waals surface area (Å²) in [4.78, 5) is 24.4. The summed E-state index contributed by atoms with van der Waals surface area (Å²) >= 11 is 0. The van der Waals surface area contributed by atoms with Gasteiger partial charge < -0.3 is 14.7 Å². The number of halogens is 1. The Kier molecular flexibility index (Phi) is 3.95. The number of nitro groups is 1. The number of amides is 1. The maximum atomic E-state index is 14.0. The van der Waals surface area contributed by atoms with Gasteiger partial charge in [-0.2, -0.15) is 0 Å². The molecule has 1 N–H and O–H groups in total. The van der Waals surface area contributed by atoms with Crippen molar-refractivity contribution in [2.45, 2.75) is 51.1 Å². The van der Waals surface area contributed by atoms with Gasteiger partial charge in [0.05, 0.1) is 23.2 Å². The number of hydrogen-bond acceptors (Lipinski definition) is 5. The molecular weight excluding hydrogens is 319 g/mol. The van der Waals surface area contributed by atoms with Crippen LogP contribution < -0.4 is 4.74 Å². The molecule has 0 spiro atoms. The zero-order chi connectivity index (χ0) is 17.6. The van der Waals surface area contributed by atoms with Crippen LogP contribution in [0.4, 0.5) is 10.1 Å². The quantitative estimate of drug-likeness (QED) is 0.634. The highest BCUT2D eigenvalue weighted by Gasteiger charge is 2.37. The first-order chi connectivity index (χ1) is 11.2. The van der Waals surface area contributed by atoms with Crippen molar-refractivity contribution in [3.05, 3.63) is 33.4 Å². The van der Waals surface area contributed by atoms with E-state index in [0.717, 1.165) is 12.8 Å². The maximum Gasteiger partial charge on any atom is 0.311 e. The molecule has 1 saturated carbocycles. The van der Waals surface area contributed by atoms with E-state index in [-0.39, 0.29) is 30.6 Å². The van der Waals surface area contributed by atoms with Crippen LogP contribution in [0.5, 0.6) is 5.75 Å². The molecule has 7 nitrogen and oxygen atoms in total. The van der Waals surface area contributed by atoms with Crippen LogP contribution in [0.1, 0.15) is 42.6 Å². The lowest BCUT2D eigenvalue weighted by atomic mass is 10.0.